The van der Waals surface area contributed by atoms with Gasteiger partial charge in [0.25, 0.3) is 0 Å². The number of piperidine rings is 1. The molecule has 1 rings (SSSR count). The molecule has 15 heavy (non-hydrogen) atoms. The van der Waals surface area contributed by atoms with Gasteiger partial charge in [-0.3, -0.25) is 0 Å². The first-order chi connectivity index (χ1) is 7.01. The summed E-state index contributed by atoms with van der Waals surface area (Å²) >= 11 is 1.41. The number of likely N-dealkylation sites (tertiary alicyclic amines) is 1. The highest BCUT2D eigenvalue weighted by Gasteiger charge is 2.20. The molecule has 0 radical (unpaired) electrons. The van der Waals surface area contributed by atoms with Crippen LogP contribution >= 0.6 is 12.0 Å². The highest BCUT2D eigenvalue weighted by Crippen LogP contribution is 2.17. The molecule has 0 aromatic heterocycles. The van der Waals surface area contributed by atoms with Gasteiger partial charge in [0.1, 0.15) is 9.84 Å². The second-order valence-electron chi connectivity index (χ2n) is 3.93. The first-order valence-electron chi connectivity index (χ1n) is 5.11. The topological polar surface area (TPSA) is 46.6 Å². The van der Waals surface area contributed by atoms with Crippen molar-refractivity contribution in [1.82, 2.24) is 4.90 Å². The number of hydrogen-bond acceptors (Lipinski definition) is 5. The lowest BCUT2D eigenvalue weighted by Crippen LogP contribution is -2.38. The molecule has 0 saturated carbocycles. The molecule has 0 aliphatic carbocycles. The van der Waals surface area contributed by atoms with E-state index in [1.54, 1.807) is 0 Å². The summed E-state index contributed by atoms with van der Waals surface area (Å²) in [7, 11) is -2.82. The SMILES string of the molecule is CSOC1CCN(CCS(C)(=O)=O)CC1. The molecule has 0 aromatic rings. The van der Waals surface area contributed by atoms with Crippen LogP contribution in [0.4, 0.5) is 0 Å². The minimum absolute atomic E-state index is 0.265. The second kappa shape index (κ2) is 6.08. The van der Waals surface area contributed by atoms with Crippen molar-refractivity contribution in [2.75, 3.05) is 37.9 Å². The van der Waals surface area contributed by atoms with Crippen molar-refractivity contribution in [1.29, 1.82) is 0 Å². The van der Waals surface area contributed by atoms with Gasteiger partial charge in [-0.05, 0) is 24.9 Å². The average molecular weight is 253 g/mol. The zero-order chi connectivity index (χ0) is 11.3. The fourth-order valence-corrected chi connectivity index (χ4v) is 2.71. The Hall–Kier alpha value is 0.220. The van der Waals surface area contributed by atoms with Crippen LogP contribution < -0.4 is 0 Å². The summed E-state index contributed by atoms with van der Waals surface area (Å²) in [6.07, 6.45) is 5.57. The van der Waals surface area contributed by atoms with Gasteiger partial charge in [0.05, 0.1) is 11.9 Å². The maximum Gasteiger partial charge on any atom is 0.148 e. The Morgan fingerprint density at radius 1 is 1.40 bits per heavy atom. The molecule has 1 saturated heterocycles. The lowest BCUT2D eigenvalue weighted by atomic mass is 10.1. The molecule has 0 aromatic carbocycles. The molecule has 0 bridgehead atoms. The number of nitrogens with zero attached hydrogens (tertiary/aromatic N) is 1. The molecule has 0 amide bonds. The fraction of sp³-hybridized carbons (Fsp3) is 1.00. The number of sulfone groups is 1. The van der Waals surface area contributed by atoms with Crippen LogP contribution in [0, 0.1) is 0 Å². The van der Waals surface area contributed by atoms with Crippen molar-refractivity contribution in [2.24, 2.45) is 0 Å². The van der Waals surface area contributed by atoms with Crippen LogP contribution in [0.3, 0.4) is 0 Å². The van der Waals surface area contributed by atoms with Crippen LogP contribution in [0.25, 0.3) is 0 Å². The normalized spacial score (nSPS) is 20.7. The Morgan fingerprint density at radius 3 is 2.47 bits per heavy atom. The quantitative estimate of drug-likeness (QED) is 0.678. The summed E-state index contributed by atoms with van der Waals surface area (Å²) in [6.45, 7) is 2.55. The van der Waals surface area contributed by atoms with E-state index in [9.17, 15) is 8.42 Å². The maximum atomic E-state index is 11.0. The van der Waals surface area contributed by atoms with Crippen molar-refractivity contribution >= 4 is 21.9 Å². The molecule has 0 unspecified atom stereocenters. The highest BCUT2D eigenvalue weighted by atomic mass is 32.2. The van der Waals surface area contributed by atoms with E-state index in [1.807, 2.05) is 6.26 Å². The molecule has 6 heteroatoms. The molecule has 0 spiro atoms. The van der Waals surface area contributed by atoms with Crippen LogP contribution in [0.15, 0.2) is 0 Å². The second-order valence-corrected chi connectivity index (χ2v) is 6.72. The zero-order valence-corrected chi connectivity index (χ0v) is 10.9. The molecular weight excluding hydrogens is 234 g/mol. The van der Waals surface area contributed by atoms with Gasteiger partial charge in [-0.15, -0.1) is 0 Å². The Labute approximate surface area is 96.5 Å². The standard InChI is InChI=1S/C9H19NO3S2/c1-14-13-9-3-5-10(6-4-9)7-8-15(2,11)12/h9H,3-8H2,1-2H3. The Bertz CT molecular complexity index is 271. The monoisotopic (exact) mass is 253 g/mol. The molecule has 1 fully saturated rings. The molecule has 0 atom stereocenters. The summed E-state index contributed by atoms with van der Waals surface area (Å²) in [4.78, 5) is 2.20. The van der Waals surface area contributed by atoms with E-state index >= 15 is 0 Å². The molecular formula is C9H19NO3S2. The number of hydrogen-bond donors (Lipinski definition) is 0. The smallest absolute Gasteiger partial charge is 0.148 e. The van der Waals surface area contributed by atoms with E-state index in [2.05, 4.69) is 4.90 Å². The van der Waals surface area contributed by atoms with Gasteiger partial charge in [-0.25, -0.2) is 8.42 Å². The lowest BCUT2D eigenvalue weighted by molar-refractivity contribution is 0.122. The Balaban J connectivity index is 2.20. The third-order valence-corrected chi connectivity index (χ3v) is 3.93. The van der Waals surface area contributed by atoms with Crippen LogP contribution in [0.5, 0.6) is 0 Å². The van der Waals surface area contributed by atoms with Gasteiger partial charge in [-0.1, -0.05) is 0 Å². The van der Waals surface area contributed by atoms with Crippen LogP contribution in [-0.2, 0) is 14.0 Å². The first-order valence-corrected chi connectivity index (χ1v) is 8.32. The maximum absolute atomic E-state index is 11.0. The van der Waals surface area contributed by atoms with Gasteiger partial charge in [-0.2, -0.15) is 0 Å². The van der Waals surface area contributed by atoms with E-state index in [4.69, 9.17) is 4.18 Å². The minimum atomic E-state index is -2.82. The predicted molar refractivity (Wildman–Crippen MR) is 63.8 cm³/mol. The van der Waals surface area contributed by atoms with E-state index in [1.165, 1.54) is 18.3 Å². The van der Waals surface area contributed by atoms with Crippen molar-refractivity contribution in [2.45, 2.75) is 18.9 Å². The number of rotatable bonds is 5. The van der Waals surface area contributed by atoms with E-state index in [0.717, 1.165) is 25.9 Å². The third-order valence-electron chi connectivity index (χ3n) is 2.55. The first kappa shape index (κ1) is 13.3. The molecule has 1 aliphatic rings. The summed E-state index contributed by atoms with van der Waals surface area (Å²) in [5.41, 5.74) is 0. The highest BCUT2D eigenvalue weighted by molar-refractivity contribution is 7.93. The summed E-state index contributed by atoms with van der Waals surface area (Å²) in [5.74, 6) is 0.265. The van der Waals surface area contributed by atoms with Gasteiger partial charge >= 0.3 is 0 Å². The van der Waals surface area contributed by atoms with Crippen LogP contribution in [0.2, 0.25) is 0 Å². The van der Waals surface area contributed by atoms with Crippen molar-refractivity contribution in [3.8, 4) is 0 Å². The van der Waals surface area contributed by atoms with E-state index in [-0.39, 0.29) is 5.75 Å². The zero-order valence-electron chi connectivity index (χ0n) is 9.31. The summed E-state index contributed by atoms with van der Waals surface area (Å²) in [6, 6.07) is 0. The summed E-state index contributed by atoms with van der Waals surface area (Å²) in [5, 5.41) is 0. The van der Waals surface area contributed by atoms with Crippen molar-refractivity contribution < 1.29 is 12.6 Å². The molecule has 90 valence electrons. The van der Waals surface area contributed by atoms with E-state index in [0.29, 0.717) is 12.6 Å². The van der Waals surface area contributed by atoms with Gasteiger partial charge < -0.3 is 9.08 Å². The Kier molecular flexibility index (Phi) is 5.38. The van der Waals surface area contributed by atoms with Crippen molar-refractivity contribution in [3.63, 3.8) is 0 Å². The van der Waals surface area contributed by atoms with Crippen LogP contribution in [-0.4, -0.2) is 57.3 Å². The average Bonchev–Trinajstić information content (AvgIpc) is 2.16. The van der Waals surface area contributed by atoms with E-state index < -0.39 is 9.84 Å². The summed E-state index contributed by atoms with van der Waals surface area (Å²) < 4.78 is 27.4. The molecule has 4 nitrogen and oxygen atoms in total. The molecule has 1 heterocycles. The third kappa shape index (κ3) is 5.75. The van der Waals surface area contributed by atoms with Crippen LogP contribution in [0.1, 0.15) is 12.8 Å². The molecule has 1 aliphatic heterocycles. The van der Waals surface area contributed by atoms with Crippen molar-refractivity contribution in [3.05, 3.63) is 0 Å². The predicted octanol–water partition coefficient (Wildman–Crippen LogP) is 0.790. The largest absolute Gasteiger partial charge is 0.312 e. The lowest BCUT2D eigenvalue weighted by Gasteiger charge is -2.30. The van der Waals surface area contributed by atoms with Gasteiger partial charge in [0.15, 0.2) is 0 Å². The minimum Gasteiger partial charge on any atom is -0.312 e. The fourth-order valence-electron chi connectivity index (χ4n) is 1.66. The van der Waals surface area contributed by atoms with Gasteiger partial charge in [0, 0.05) is 32.1 Å². The van der Waals surface area contributed by atoms with Gasteiger partial charge in [0.2, 0.25) is 0 Å². The Morgan fingerprint density at radius 2 is 2.00 bits per heavy atom. The molecule has 0 N–H and O–H groups in total.